The van der Waals surface area contributed by atoms with Gasteiger partial charge in [-0.05, 0) is 31.2 Å². The average Bonchev–Trinajstić information content (AvgIpc) is 2.28. The van der Waals surface area contributed by atoms with Crippen molar-refractivity contribution < 1.29 is 0 Å². The van der Waals surface area contributed by atoms with Gasteiger partial charge in [0.25, 0.3) is 0 Å². The highest BCUT2D eigenvalue weighted by Gasteiger charge is 1.95. The number of anilines is 1. The van der Waals surface area contributed by atoms with Crippen LogP contribution in [0.2, 0.25) is 0 Å². The van der Waals surface area contributed by atoms with Crippen LogP contribution in [0.15, 0.2) is 36.5 Å². The first-order chi connectivity index (χ1) is 7.34. The van der Waals surface area contributed by atoms with Gasteiger partial charge in [-0.25, -0.2) is 0 Å². The smallest absolute Gasteiger partial charge is 0.148 e. The van der Waals surface area contributed by atoms with Gasteiger partial charge >= 0.3 is 0 Å². The third-order valence-corrected chi connectivity index (χ3v) is 1.97. The SMILES string of the molecule is Cc1cccc(CNc2cccnn2)n1. The topological polar surface area (TPSA) is 50.7 Å². The Morgan fingerprint density at radius 2 is 2.13 bits per heavy atom. The van der Waals surface area contributed by atoms with Gasteiger partial charge in [0.1, 0.15) is 5.82 Å². The second-order valence-electron chi connectivity index (χ2n) is 3.23. The van der Waals surface area contributed by atoms with Crippen LogP contribution in [0.1, 0.15) is 11.4 Å². The zero-order chi connectivity index (χ0) is 10.5. The summed E-state index contributed by atoms with van der Waals surface area (Å²) in [4.78, 5) is 4.38. The lowest BCUT2D eigenvalue weighted by atomic mass is 10.3. The Labute approximate surface area is 88.4 Å². The molecule has 2 heterocycles. The zero-order valence-electron chi connectivity index (χ0n) is 8.51. The van der Waals surface area contributed by atoms with E-state index in [1.165, 1.54) is 0 Å². The van der Waals surface area contributed by atoms with Gasteiger partial charge in [-0.3, -0.25) is 4.98 Å². The molecule has 0 aromatic carbocycles. The molecule has 1 N–H and O–H groups in total. The number of hydrogen-bond donors (Lipinski definition) is 1. The predicted molar refractivity (Wildman–Crippen MR) is 58.3 cm³/mol. The Morgan fingerprint density at radius 3 is 2.87 bits per heavy atom. The molecule has 2 rings (SSSR count). The standard InChI is InChI=1S/C11H12N4/c1-9-4-2-5-10(14-9)8-12-11-6-3-7-13-15-11/h2-7H,8H2,1H3,(H,12,15). The average molecular weight is 200 g/mol. The second kappa shape index (κ2) is 4.50. The highest BCUT2D eigenvalue weighted by atomic mass is 15.2. The molecule has 0 saturated carbocycles. The summed E-state index contributed by atoms with van der Waals surface area (Å²) >= 11 is 0. The highest BCUT2D eigenvalue weighted by Crippen LogP contribution is 2.03. The van der Waals surface area contributed by atoms with Crippen LogP contribution in [-0.4, -0.2) is 15.2 Å². The highest BCUT2D eigenvalue weighted by molar-refractivity contribution is 5.32. The summed E-state index contributed by atoms with van der Waals surface area (Å²) in [6.07, 6.45) is 1.65. The van der Waals surface area contributed by atoms with Gasteiger partial charge in [-0.15, -0.1) is 5.10 Å². The monoisotopic (exact) mass is 200 g/mol. The molecule has 0 aliphatic heterocycles. The minimum absolute atomic E-state index is 0.667. The van der Waals surface area contributed by atoms with Crippen LogP contribution < -0.4 is 5.32 Å². The van der Waals surface area contributed by atoms with Crippen LogP contribution in [0.4, 0.5) is 5.82 Å². The number of aryl methyl sites for hydroxylation is 1. The Morgan fingerprint density at radius 1 is 1.20 bits per heavy atom. The van der Waals surface area contributed by atoms with E-state index in [4.69, 9.17) is 0 Å². The number of nitrogens with one attached hydrogen (secondary N) is 1. The fourth-order valence-corrected chi connectivity index (χ4v) is 1.27. The number of pyridine rings is 1. The van der Waals surface area contributed by atoms with Gasteiger partial charge in [-0.2, -0.15) is 5.10 Å². The predicted octanol–water partition coefficient (Wildman–Crippen LogP) is 1.79. The Balaban J connectivity index is 1.99. The van der Waals surface area contributed by atoms with Crippen LogP contribution in [0.25, 0.3) is 0 Å². The van der Waals surface area contributed by atoms with Crippen molar-refractivity contribution in [3.63, 3.8) is 0 Å². The van der Waals surface area contributed by atoms with E-state index in [1.54, 1.807) is 6.20 Å². The lowest BCUT2D eigenvalue weighted by Gasteiger charge is -2.04. The fourth-order valence-electron chi connectivity index (χ4n) is 1.27. The first kappa shape index (κ1) is 9.58. The maximum absolute atomic E-state index is 4.38. The Hall–Kier alpha value is -1.97. The van der Waals surface area contributed by atoms with Crippen LogP contribution in [0, 0.1) is 6.92 Å². The van der Waals surface area contributed by atoms with E-state index in [2.05, 4.69) is 20.5 Å². The van der Waals surface area contributed by atoms with E-state index >= 15 is 0 Å². The van der Waals surface area contributed by atoms with Crippen molar-refractivity contribution in [2.45, 2.75) is 13.5 Å². The molecule has 0 fully saturated rings. The molecular weight excluding hydrogens is 188 g/mol. The first-order valence-corrected chi connectivity index (χ1v) is 4.79. The minimum Gasteiger partial charge on any atom is -0.363 e. The summed E-state index contributed by atoms with van der Waals surface area (Å²) in [6.45, 7) is 2.65. The van der Waals surface area contributed by atoms with E-state index in [9.17, 15) is 0 Å². The van der Waals surface area contributed by atoms with Gasteiger partial charge < -0.3 is 5.32 Å². The molecule has 2 aromatic heterocycles. The summed E-state index contributed by atoms with van der Waals surface area (Å²) in [7, 11) is 0. The summed E-state index contributed by atoms with van der Waals surface area (Å²) in [6, 6.07) is 9.68. The number of hydrogen-bond acceptors (Lipinski definition) is 4. The molecule has 0 aliphatic carbocycles. The molecule has 0 amide bonds. The lowest BCUT2D eigenvalue weighted by Crippen LogP contribution is -2.03. The Bertz CT molecular complexity index is 428. The van der Waals surface area contributed by atoms with Crippen molar-refractivity contribution in [1.29, 1.82) is 0 Å². The number of aromatic nitrogens is 3. The van der Waals surface area contributed by atoms with E-state index in [-0.39, 0.29) is 0 Å². The van der Waals surface area contributed by atoms with Crippen LogP contribution in [0.3, 0.4) is 0 Å². The minimum atomic E-state index is 0.667. The largest absolute Gasteiger partial charge is 0.363 e. The number of rotatable bonds is 3. The van der Waals surface area contributed by atoms with Gasteiger partial charge in [0.05, 0.1) is 12.2 Å². The van der Waals surface area contributed by atoms with Gasteiger partial charge in [-0.1, -0.05) is 6.07 Å². The van der Waals surface area contributed by atoms with E-state index in [0.29, 0.717) is 6.54 Å². The van der Waals surface area contributed by atoms with Crippen LogP contribution in [0.5, 0.6) is 0 Å². The van der Waals surface area contributed by atoms with E-state index < -0.39 is 0 Å². The molecule has 0 bridgehead atoms. The van der Waals surface area contributed by atoms with Gasteiger partial charge in [0.2, 0.25) is 0 Å². The van der Waals surface area contributed by atoms with Crippen molar-refractivity contribution >= 4 is 5.82 Å². The molecule has 4 heteroatoms. The van der Waals surface area contributed by atoms with Crippen molar-refractivity contribution in [3.8, 4) is 0 Å². The molecule has 2 aromatic rings. The third kappa shape index (κ3) is 2.74. The fraction of sp³-hybridized carbons (Fsp3) is 0.182. The normalized spacial score (nSPS) is 9.93. The molecule has 0 saturated heterocycles. The molecule has 0 unspecified atom stereocenters. The first-order valence-electron chi connectivity index (χ1n) is 4.79. The molecular formula is C11H12N4. The molecule has 0 spiro atoms. The maximum Gasteiger partial charge on any atom is 0.148 e. The van der Waals surface area contributed by atoms with Crippen molar-refractivity contribution in [2.24, 2.45) is 0 Å². The van der Waals surface area contributed by atoms with Crippen LogP contribution >= 0.6 is 0 Å². The molecule has 15 heavy (non-hydrogen) atoms. The third-order valence-electron chi connectivity index (χ3n) is 1.97. The quantitative estimate of drug-likeness (QED) is 0.820. The van der Waals surface area contributed by atoms with E-state index in [1.807, 2.05) is 37.3 Å². The zero-order valence-corrected chi connectivity index (χ0v) is 8.51. The molecule has 0 atom stereocenters. The van der Waals surface area contributed by atoms with Gasteiger partial charge in [0, 0.05) is 11.9 Å². The maximum atomic E-state index is 4.38. The lowest BCUT2D eigenvalue weighted by molar-refractivity contribution is 0.967. The molecule has 76 valence electrons. The van der Waals surface area contributed by atoms with Crippen LogP contribution in [-0.2, 0) is 6.54 Å². The van der Waals surface area contributed by atoms with Crippen molar-refractivity contribution in [1.82, 2.24) is 15.2 Å². The molecule has 0 radical (unpaired) electrons. The number of nitrogens with zero attached hydrogens (tertiary/aromatic N) is 3. The van der Waals surface area contributed by atoms with E-state index in [0.717, 1.165) is 17.2 Å². The summed E-state index contributed by atoms with van der Waals surface area (Å²) < 4.78 is 0. The Kier molecular flexibility index (Phi) is 2.88. The molecule has 4 nitrogen and oxygen atoms in total. The van der Waals surface area contributed by atoms with Gasteiger partial charge in [0.15, 0.2) is 0 Å². The second-order valence-corrected chi connectivity index (χ2v) is 3.23. The summed E-state index contributed by atoms with van der Waals surface area (Å²) in [5, 5.41) is 10.9. The van der Waals surface area contributed by atoms with Crippen molar-refractivity contribution in [3.05, 3.63) is 47.9 Å². The summed E-state index contributed by atoms with van der Waals surface area (Å²) in [5.74, 6) is 0.765. The summed E-state index contributed by atoms with van der Waals surface area (Å²) in [5.41, 5.74) is 2.02. The van der Waals surface area contributed by atoms with Crippen molar-refractivity contribution in [2.75, 3.05) is 5.32 Å². The molecule has 0 aliphatic rings.